The third-order valence-corrected chi connectivity index (χ3v) is 4.09. The Morgan fingerprint density at radius 2 is 1.80 bits per heavy atom. The second-order valence-corrected chi connectivity index (χ2v) is 5.99. The van der Waals surface area contributed by atoms with Crippen LogP contribution in [-0.4, -0.2) is 23.4 Å². The summed E-state index contributed by atoms with van der Waals surface area (Å²) in [5.74, 6) is -0.348. The van der Waals surface area contributed by atoms with E-state index >= 15 is 0 Å². The van der Waals surface area contributed by atoms with Gasteiger partial charge in [-0.15, -0.1) is 11.3 Å². The molecule has 7 heteroatoms. The summed E-state index contributed by atoms with van der Waals surface area (Å²) in [6.07, 6.45) is 0. The molecule has 0 aliphatic heterocycles. The second kappa shape index (κ2) is 7.59. The predicted octanol–water partition coefficient (Wildman–Crippen LogP) is 2.93. The van der Waals surface area contributed by atoms with Crippen molar-refractivity contribution in [1.82, 2.24) is 4.98 Å². The summed E-state index contributed by atoms with van der Waals surface area (Å²) in [5.41, 5.74) is 7.35. The van der Waals surface area contributed by atoms with Crippen LogP contribution in [0.25, 0.3) is 11.3 Å². The zero-order chi connectivity index (χ0) is 17.6. The highest BCUT2D eigenvalue weighted by Gasteiger charge is 2.09. The van der Waals surface area contributed by atoms with Gasteiger partial charge in [-0.2, -0.15) is 0 Å². The van der Waals surface area contributed by atoms with Crippen LogP contribution in [0.2, 0.25) is 0 Å². The van der Waals surface area contributed by atoms with E-state index in [2.05, 4.69) is 10.3 Å². The summed E-state index contributed by atoms with van der Waals surface area (Å²) in [4.78, 5) is 27.3. The van der Waals surface area contributed by atoms with Crippen molar-refractivity contribution in [3.63, 3.8) is 0 Å². The Morgan fingerprint density at radius 1 is 1.08 bits per heavy atom. The van der Waals surface area contributed by atoms with Crippen molar-refractivity contribution >= 4 is 28.3 Å². The monoisotopic (exact) mass is 353 g/mol. The van der Waals surface area contributed by atoms with Gasteiger partial charge >= 0.3 is 0 Å². The number of thiazole rings is 1. The molecule has 0 unspecified atom stereocenters. The standard InChI is InChI=1S/C18H15N3O3S/c19-17(23)13-6-8-14(9-7-13)24-10-16(22)21-18-20-15(11-25-18)12-4-2-1-3-5-12/h1-9,11H,10H2,(H2,19,23)(H,20,21,22). The van der Waals surface area contributed by atoms with Crippen molar-refractivity contribution in [3.8, 4) is 17.0 Å². The Kier molecular flexibility index (Phi) is 5.06. The molecule has 3 rings (SSSR count). The Labute approximate surface area is 148 Å². The Bertz CT molecular complexity index is 876. The number of ether oxygens (including phenoxy) is 1. The number of benzene rings is 2. The summed E-state index contributed by atoms with van der Waals surface area (Å²) in [6.45, 7) is -0.157. The van der Waals surface area contributed by atoms with Gasteiger partial charge in [-0.3, -0.25) is 14.9 Å². The lowest BCUT2D eigenvalue weighted by atomic mass is 10.2. The van der Waals surface area contributed by atoms with Crippen molar-refractivity contribution < 1.29 is 14.3 Å². The van der Waals surface area contributed by atoms with Gasteiger partial charge in [-0.05, 0) is 24.3 Å². The lowest BCUT2D eigenvalue weighted by Gasteiger charge is -2.06. The van der Waals surface area contributed by atoms with Crippen molar-refractivity contribution in [2.75, 3.05) is 11.9 Å². The van der Waals surface area contributed by atoms with E-state index < -0.39 is 5.91 Å². The van der Waals surface area contributed by atoms with Gasteiger partial charge in [0.25, 0.3) is 5.91 Å². The average molecular weight is 353 g/mol. The molecule has 0 atom stereocenters. The molecule has 25 heavy (non-hydrogen) atoms. The summed E-state index contributed by atoms with van der Waals surface area (Å²) in [5, 5.41) is 5.10. The molecule has 0 bridgehead atoms. The summed E-state index contributed by atoms with van der Waals surface area (Å²) >= 11 is 1.35. The van der Waals surface area contributed by atoms with Crippen LogP contribution in [-0.2, 0) is 4.79 Å². The van der Waals surface area contributed by atoms with Gasteiger partial charge in [-0.1, -0.05) is 30.3 Å². The van der Waals surface area contributed by atoms with Crippen LogP contribution in [0.3, 0.4) is 0 Å². The normalized spacial score (nSPS) is 10.2. The highest BCUT2D eigenvalue weighted by atomic mass is 32.1. The molecule has 0 aliphatic rings. The van der Waals surface area contributed by atoms with E-state index in [0.717, 1.165) is 11.3 Å². The molecule has 3 N–H and O–H groups in total. The minimum Gasteiger partial charge on any atom is -0.484 e. The van der Waals surface area contributed by atoms with Crippen LogP contribution in [0.4, 0.5) is 5.13 Å². The van der Waals surface area contributed by atoms with E-state index in [1.165, 1.54) is 11.3 Å². The van der Waals surface area contributed by atoms with E-state index in [1.807, 2.05) is 35.7 Å². The molecule has 0 saturated carbocycles. The zero-order valence-electron chi connectivity index (χ0n) is 13.1. The maximum Gasteiger partial charge on any atom is 0.264 e. The average Bonchev–Trinajstić information content (AvgIpc) is 3.09. The van der Waals surface area contributed by atoms with Crippen molar-refractivity contribution in [1.29, 1.82) is 0 Å². The Balaban J connectivity index is 1.54. The lowest BCUT2D eigenvalue weighted by Crippen LogP contribution is -2.20. The molecule has 3 aromatic rings. The fourth-order valence-electron chi connectivity index (χ4n) is 2.09. The SMILES string of the molecule is NC(=O)c1ccc(OCC(=O)Nc2nc(-c3ccccc3)cs2)cc1. The third kappa shape index (κ3) is 4.42. The van der Waals surface area contributed by atoms with Gasteiger partial charge in [-0.25, -0.2) is 4.98 Å². The van der Waals surface area contributed by atoms with Gasteiger partial charge in [0.2, 0.25) is 5.91 Å². The van der Waals surface area contributed by atoms with Gasteiger partial charge in [0.15, 0.2) is 11.7 Å². The molecule has 126 valence electrons. The number of carbonyl (C=O) groups is 2. The molecule has 1 heterocycles. The molecular weight excluding hydrogens is 338 g/mol. The van der Waals surface area contributed by atoms with E-state index in [4.69, 9.17) is 10.5 Å². The van der Waals surface area contributed by atoms with Crippen molar-refractivity contribution in [3.05, 3.63) is 65.5 Å². The summed E-state index contributed by atoms with van der Waals surface area (Å²) in [6, 6.07) is 16.0. The maximum absolute atomic E-state index is 12.0. The maximum atomic E-state index is 12.0. The number of nitrogens with zero attached hydrogens (tertiary/aromatic N) is 1. The quantitative estimate of drug-likeness (QED) is 0.712. The Morgan fingerprint density at radius 3 is 2.48 bits per heavy atom. The molecule has 2 aromatic carbocycles. The molecular formula is C18H15N3O3S. The number of amides is 2. The smallest absolute Gasteiger partial charge is 0.264 e. The predicted molar refractivity (Wildman–Crippen MR) is 96.6 cm³/mol. The van der Waals surface area contributed by atoms with Crippen molar-refractivity contribution in [2.45, 2.75) is 0 Å². The molecule has 0 fully saturated rings. The first-order valence-corrected chi connectivity index (χ1v) is 8.33. The minimum atomic E-state index is -0.512. The van der Waals surface area contributed by atoms with Gasteiger partial charge < -0.3 is 10.5 Å². The zero-order valence-corrected chi connectivity index (χ0v) is 14.0. The van der Waals surface area contributed by atoms with Crippen LogP contribution < -0.4 is 15.8 Å². The highest BCUT2D eigenvalue weighted by molar-refractivity contribution is 7.14. The number of anilines is 1. The second-order valence-electron chi connectivity index (χ2n) is 5.13. The molecule has 2 amide bonds. The first-order chi connectivity index (χ1) is 12.1. The molecule has 0 spiro atoms. The Hall–Kier alpha value is -3.19. The van der Waals surface area contributed by atoms with Crippen LogP contribution in [0.15, 0.2) is 60.0 Å². The van der Waals surface area contributed by atoms with Crippen LogP contribution in [0, 0.1) is 0 Å². The number of hydrogen-bond acceptors (Lipinski definition) is 5. The molecule has 6 nitrogen and oxygen atoms in total. The summed E-state index contributed by atoms with van der Waals surface area (Å²) < 4.78 is 5.38. The number of hydrogen-bond donors (Lipinski definition) is 2. The summed E-state index contributed by atoms with van der Waals surface area (Å²) in [7, 11) is 0. The van der Waals surface area contributed by atoms with Crippen LogP contribution >= 0.6 is 11.3 Å². The lowest BCUT2D eigenvalue weighted by molar-refractivity contribution is -0.118. The van der Waals surface area contributed by atoms with Crippen LogP contribution in [0.1, 0.15) is 10.4 Å². The largest absolute Gasteiger partial charge is 0.484 e. The molecule has 0 saturated heterocycles. The highest BCUT2D eigenvalue weighted by Crippen LogP contribution is 2.24. The topological polar surface area (TPSA) is 94.3 Å². The van der Waals surface area contributed by atoms with E-state index in [9.17, 15) is 9.59 Å². The first-order valence-electron chi connectivity index (χ1n) is 7.45. The number of carbonyl (C=O) groups excluding carboxylic acids is 2. The molecule has 0 radical (unpaired) electrons. The first kappa shape index (κ1) is 16.7. The number of rotatable bonds is 6. The van der Waals surface area contributed by atoms with Crippen molar-refractivity contribution in [2.24, 2.45) is 5.73 Å². The van der Waals surface area contributed by atoms with E-state index in [-0.39, 0.29) is 12.5 Å². The molecule has 1 aromatic heterocycles. The van der Waals surface area contributed by atoms with Crippen LogP contribution in [0.5, 0.6) is 5.75 Å². The van der Waals surface area contributed by atoms with E-state index in [1.54, 1.807) is 24.3 Å². The number of nitrogens with one attached hydrogen (secondary N) is 1. The van der Waals surface area contributed by atoms with E-state index in [0.29, 0.717) is 16.4 Å². The van der Waals surface area contributed by atoms with Gasteiger partial charge in [0, 0.05) is 16.5 Å². The fraction of sp³-hybridized carbons (Fsp3) is 0.0556. The third-order valence-electron chi connectivity index (χ3n) is 3.33. The number of aromatic nitrogens is 1. The van der Waals surface area contributed by atoms with Gasteiger partial charge in [0.1, 0.15) is 5.75 Å². The van der Waals surface area contributed by atoms with Gasteiger partial charge in [0.05, 0.1) is 5.69 Å². The molecule has 0 aliphatic carbocycles. The fourth-order valence-corrected chi connectivity index (χ4v) is 2.83. The number of primary amides is 1. The number of nitrogens with two attached hydrogens (primary N) is 1. The minimum absolute atomic E-state index is 0.157.